The van der Waals surface area contributed by atoms with Crippen molar-refractivity contribution in [2.75, 3.05) is 14.2 Å². The highest BCUT2D eigenvalue weighted by Crippen LogP contribution is 2.36. The van der Waals surface area contributed by atoms with Gasteiger partial charge in [0.1, 0.15) is 33.2 Å². The third kappa shape index (κ3) is 5.26. The highest BCUT2D eigenvalue weighted by atomic mass is 79.9. The third-order valence-corrected chi connectivity index (χ3v) is 4.01. The maximum atomic E-state index is 12.4. The number of halogens is 6. The zero-order valence-corrected chi connectivity index (χ0v) is 16.1. The summed E-state index contributed by atoms with van der Waals surface area (Å²) in [7, 11) is 3.13. The Bertz CT molecular complexity index is 621. The van der Waals surface area contributed by atoms with Crippen LogP contribution in [0.25, 0.3) is 0 Å². The lowest BCUT2D eigenvalue weighted by atomic mass is 10.3. The zero-order chi connectivity index (χ0) is 16.9. The Hall–Kier alpha value is -0.560. The van der Waals surface area contributed by atoms with Crippen molar-refractivity contribution in [3.05, 3.63) is 54.9 Å². The Balaban J connectivity index is 0.000000224. The van der Waals surface area contributed by atoms with Crippen LogP contribution in [0.4, 0.5) is 8.78 Å². The Morgan fingerprint density at radius 1 is 0.773 bits per heavy atom. The maximum Gasteiger partial charge on any atom is 0.145 e. The number of methoxy groups -OCH3 is 2. The van der Waals surface area contributed by atoms with Crippen LogP contribution in [0.3, 0.4) is 0 Å². The summed E-state index contributed by atoms with van der Waals surface area (Å²) in [5.41, 5.74) is 0. The van der Waals surface area contributed by atoms with Crippen molar-refractivity contribution < 1.29 is 18.3 Å². The average molecular weight is 479 g/mol. The molecule has 22 heavy (non-hydrogen) atoms. The predicted molar refractivity (Wildman–Crippen MR) is 91.3 cm³/mol. The van der Waals surface area contributed by atoms with Crippen LogP contribution in [0.15, 0.2) is 33.2 Å². The van der Waals surface area contributed by atoms with E-state index in [9.17, 15) is 8.78 Å². The van der Waals surface area contributed by atoms with Gasteiger partial charge >= 0.3 is 0 Å². The van der Waals surface area contributed by atoms with Gasteiger partial charge in [-0.2, -0.15) is 0 Å². The predicted octanol–water partition coefficient (Wildman–Crippen LogP) is 6.50. The summed E-state index contributed by atoms with van der Waals surface area (Å²) in [6.45, 7) is 0. The molecule has 2 aromatic rings. The molecule has 2 aromatic carbocycles. The molecule has 0 aromatic heterocycles. The molecule has 0 unspecified atom stereocenters. The lowest BCUT2D eigenvalue weighted by molar-refractivity contribution is 0.394. The fraction of sp³-hybridized carbons (Fsp3) is 0.143. The van der Waals surface area contributed by atoms with E-state index in [2.05, 4.69) is 31.9 Å². The van der Waals surface area contributed by atoms with E-state index < -0.39 is 16.7 Å². The van der Waals surface area contributed by atoms with Gasteiger partial charge in [-0.25, -0.2) is 8.78 Å². The number of hydrogen-bond donors (Lipinski definition) is 0. The molecule has 0 spiro atoms. The SMILES string of the molecule is COc1cc(Br)cc(OC)c1Cl.Fc1cc(Br)cc(F)c1Cl. The zero-order valence-electron chi connectivity index (χ0n) is 11.4. The number of hydrogen-bond acceptors (Lipinski definition) is 2. The maximum absolute atomic E-state index is 12.4. The standard InChI is InChI=1S/C8H8BrClO2.C6H2BrClF2/c1-11-6-3-5(9)4-7(12-2)8(6)10;7-3-1-4(9)6(8)5(10)2-3/h3-4H,1-2H3;1-2H. The van der Waals surface area contributed by atoms with Crippen molar-refractivity contribution in [1.82, 2.24) is 0 Å². The van der Waals surface area contributed by atoms with Crippen molar-refractivity contribution in [3.8, 4) is 11.5 Å². The minimum atomic E-state index is -0.756. The van der Waals surface area contributed by atoms with Crippen LogP contribution in [0.5, 0.6) is 11.5 Å². The van der Waals surface area contributed by atoms with E-state index in [0.717, 1.165) is 16.6 Å². The fourth-order valence-electron chi connectivity index (χ4n) is 1.36. The molecule has 0 aliphatic heterocycles. The molecule has 0 radical (unpaired) electrons. The normalized spacial score (nSPS) is 9.82. The summed E-state index contributed by atoms with van der Waals surface area (Å²) in [5.74, 6) is -0.312. The van der Waals surface area contributed by atoms with Gasteiger partial charge in [0.05, 0.1) is 14.2 Å². The van der Waals surface area contributed by atoms with Crippen molar-refractivity contribution in [2.24, 2.45) is 0 Å². The van der Waals surface area contributed by atoms with Crippen molar-refractivity contribution in [3.63, 3.8) is 0 Å². The van der Waals surface area contributed by atoms with E-state index in [1.54, 1.807) is 26.4 Å². The second-order valence-electron chi connectivity index (χ2n) is 3.81. The minimum Gasteiger partial charge on any atom is -0.495 e. The first-order chi connectivity index (χ1) is 10.3. The van der Waals surface area contributed by atoms with E-state index in [1.807, 2.05) is 0 Å². The molecule has 0 aliphatic rings. The highest BCUT2D eigenvalue weighted by molar-refractivity contribution is 9.10. The van der Waals surface area contributed by atoms with Crippen LogP contribution < -0.4 is 9.47 Å². The molecule has 0 atom stereocenters. The second kappa shape index (κ2) is 8.91. The van der Waals surface area contributed by atoms with E-state index in [1.165, 1.54) is 0 Å². The Kier molecular flexibility index (Phi) is 7.89. The molecule has 0 heterocycles. The quantitative estimate of drug-likeness (QED) is 0.362. The van der Waals surface area contributed by atoms with Crippen LogP contribution in [0, 0.1) is 11.6 Å². The monoisotopic (exact) mass is 476 g/mol. The molecular formula is C14H10Br2Cl2F2O2. The van der Waals surface area contributed by atoms with Crippen LogP contribution in [0.1, 0.15) is 0 Å². The molecule has 0 N–H and O–H groups in total. The summed E-state index contributed by atoms with van der Waals surface area (Å²) < 4.78 is 36.1. The van der Waals surface area contributed by atoms with Crippen molar-refractivity contribution in [1.29, 1.82) is 0 Å². The fourth-order valence-corrected chi connectivity index (χ4v) is 2.55. The van der Waals surface area contributed by atoms with Gasteiger partial charge in [-0.05, 0) is 24.3 Å². The Labute approximate surface area is 153 Å². The lowest BCUT2D eigenvalue weighted by Gasteiger charge is -2.07. The summed E-state index contributed by atoms with van der Waals surface area (Å²) in [4.78, 5) is 0. The van der Waals surface area contributed by atoms with Gasteiger partial charge in [-0.3, -0.25) is 0 Å². The molecule has 120 valence electrons. The molecule has 2 rings (SSSR count). The Morgan fingerprint density at radius 2 is 1.14 bits per heavy atom. The first-order valence-corrected chi connectivity index (χ1v) is 8.01. The molecular weight excluding hydrogens is 469 g/mol. The highest BCUT2D eigenvalue weighted by Gasteiger charge is 2.08. The lowest BCUT2D eigenvalue weighted by Crippen LogP contribution is -1.89. The largest absolute Gasteiger partial charge is 0.495 e. The smallest absolute Gasteiger partial charge is 0.145 e. The molecule has 0 aliphatic carbocycles. The van der Waals surface area contributed by atoms with Crippen LogP contribution >= 0.6 is 55.1 Å². The molecule has 0 saturated carbocycles. The molecule has 0 amide bonds. The van der Waals surface area contributed by atoms with E-state index >= 15 is 0 Å². The summed E-state index contributed by atoms with van der Waals surface area (Å²) in [6, 6.07) is 5.77. The molecule has 0 saturated heterocycles. The van der Waals surface area contributed by atoms with Gasteiger partial charge < -0.3 is 9.47 Å². The molecule has 0 fully saturated rings. The summed E-state index contributed by atoms with van der Waals surface area (Å²) in [6.07, 6.45) is 0. The van der Waals surface area contributed by atoms with E-state index in [0.29, 0.717) is 21.0 Å². The van der Waals surface area contributed by atoms with Gasteiger partial charge in [-0.15, -0.1) is 0 Å². The van der Waals surface area contributed by atoms with Crippen LogP contribution in [-0.4, -0.2) is 14.2 Å². The molecule has 2 nitrogen and oxygen atoms in total. The van der Waals surface area contributed by atoms with Crippen LogP contribution in [0.2, 0.25) is 10.0 Å². The van der Waals surface area contributed by atoms with Gasteiger partial charge in [0.15, 0.2) is 0 Å². The van der Waals surface area contributed by atoms with Gasteiger partial charge in [0.25, 0.3) is 0 Å². The molecule has 8 heteroatoms. The Morgan fingerprint density at radius 3 is 1.50 bits per heavy atom. The minimum absolute atomic E-state index is 0.340. The number of rotatable bonds is 2. The van der Waals surface area contributed by atoms with E-state index in [4.69, 9.17) is 32.7 Å². The van der Waals surface area contributed by atoms with Crippen molar-refractivity contribution in [2.45, 2.75) is 0 Å². The first kappa shape index (κ1) is 19.5. The van der Waals surface area contributed by atoms with Gasteiger partial charge in [0.2, 0.25) is 0 Å². The van der Waals surface area contributed by atoms with Gasteiger partial charge in [0, 0.05) is 8.95 Å². The first-order valence-electron chi connectivity index (χ1n) is 5.67. The second-order valence-corrected chi connectivity index (χ2v) is 6.39. The average Bonchev–Trinajstić information content (AvgIpc) is 2.47. The summed E-state index contributed by atoms with van der Waals surface area (Å²) >= 11 is 17.3. The van der Waals surface area contributed by atoms with Crippen LogP contribution in [-0.2, 0) is 0 Å². The number of ether oxygens (including phenoxy) is 2. The van der Waals surface area contributed by atoms with Gasteiger partial charge in [-0.1, -0.05) is 55.1 Å². The number of benzene rings is 2. The van der Waals surface area contributed by atoms with Crippen molar-refractivity contribution >= 4 is 55.1 Å². The summed E-state index contributed by atoms with van der Waals surface area (Å²) in [5, 5.41) is 0.0198. The third-order valence-electron chi connectivity index (χ3n) is 2.36. The topological polar surface area (TPSA) is 18.5 Å². The van der Waals surface area contributed by atoms with E-state index in [-0.39, 0.29) is 0 Å². The molecule has 0 bridgehead atoms.